The molecule has 166 valence electrons. The highest BCUT2D eigenvalue weighted by Crippen LogP contribution is 2.34. The molecule has 0 aromatic heterocycles. The maximum atomic E-state index is 12.3. The zero-order chi connectivity index (χ0) is 23.3. The van der Waals surface area contributed by atoms with Gasteiger partial charge in [0.15, 0.2) is 11.5 Å². The molecule has 0 aliphatic rings. The van der Waals surface area contributed by atoms with Crippen LogP contribution in [0.5, 0.6) is 17.2 Å². The number of phenols is 1. The zero-order valence-electron chi connectivity index (χ0n) is 16.5. The lowest BCUT2D eigenvalue weighted by molar-refractivity contribution is 0.0955. The van der Waals surface area contributed by atoms with E-state index in [1.54, 1.807) is 31.4 Å². The van der Waals surface area contributed by atoms with Crippen LogP contribution in [0.15, 0.2) is 67.1 Å². The number of nitrogens with one attached hydrogen (secondary N) is 1. The number of carbonyl (C=O) groups excluding carboxylic acids is 1. The first kappa shape index (κ1) is 24.6. The van der Waals surface area contributed by atoms with Crippen LogP contribution in [0.3, 0.4) is 0 Å². The molecule has 0 radical (unpaired) electrons. The summed E-state index contributed by atoms with van der Waals surface area (Å²) in [5, 5.41) is 14.4. The average Bonchev–Trinajstić information content (AvgIpc) is 2.77. The molecule has 10 heteroatoms. The Morgan fingerprint density at radius 3 is 2.34 bits per heavy atom. The highest BCUT2D eigenvalue weighted by Gasteiger charge is 2.12. The molecule has 0 saturated carbocycles. The molecule has 0 bridgehead atoms. The Labute approximate surface area is 215 Å². The van der Waals surface area contributed by atoms with Gasteiger partial charge in [0.05, 0.1) is 22.3 Å². The lowest BCUT2D eigenvalue weighted by atomic mass is 10.2. The first-order valence-corrected chi connectivity index (χ1v) is 11.8. The Morgan fingerprint density at radius 2 is 1.72 bits per heavy atom. The molecule has 0 saturated heterocycles. The summed E-state index contributed by atoms with van der Waals surface area (Å²) in [5.41, 5.74) is 4.42. The third-order valence-electron chi connectivity index (χ3n) is 4.24. The van der Waals surface area contributed by atoms with Crippen molar-refractivity contribution in [2.24, 2.45) is 5.10 Å². The molecule has 6 nitrogen and oxygen atoms in total. The van der Waals surface area contributed by atoms with E-state index in [0.717, 1.165) is 5.56 Å². The number of methoxy groups -OCH3 is 1. The average molecular weight is 648 g/mol. The van der Waals surface area contributed by atoms with Crippen LogP contribution in [-0.2, 0) is 6.61 Å². The van der Waals surface area contributed by atoms with Gasteiger partial charge in [-0.05, 0) is 89.8 Å². The van der Waals surface area contributed by atoms with Crippen LogP contribution in [0.4, 0.5) is 0 Å². The molecule has 3 aromatic carbocycles. The molecular formula is C22H16Br3ClN2O4. The molecule has 0 aliphatic carbocycles. The van der Waals surface area contributed by atoms with Crippen LogP contribution in [-0.4, -0.2) is 24.3 Å². The van der Waals surface area contributed by atoms with E-state index in [-0.39, 0.29) is 5.75 Å². The van der Waals surface area contributed by atoms with Gasteiger partial charge in [0.1, 0.15) is 12.4 Å². The molecule has 0 fully saturated rings. The Hall–Kier alpha value is -2.07. The second-order valence-corrected chi connectivity index (χ2v) is 9.43. The van der Waals surface area contributed by atoms with Gasteiger partial charge in [-0.2, -0.15) is 5.10 Å². The second-order valence-electron chi connectivity index (χ2n) is 6.43. The van der Waals surface area contributed by atoms with Crippen LogP contribution >= 0.6 is 59.4 Å². The number of rotatable bonds is 7. The van der Waals surface area contributed by atoms with Crippen molar-refractivity contribution >= 4 is 71.5 Å². The third-order valence-corrected chi connectivity index (χ3v) is 6.39. The number of amides is 1. The van der Waals surface area contributed by atoms with Crippen LogP contribution in [0.1, 0.15) is 21.5 Å². The van der Waals surface area contributed by atoms with Crippen molar-refractivity contribution in [3.8, 4) is 17.2 Å². The summed E-state index contributed by atoms with van der Waals surface area (Å²) in [6.07, 6.45) is 1.48. The smallest absolute Gasteiger partial charge is 0.271 e. The minimum atomic E-state index is -0.436. The predicted octanol–water partition coefficient (Wildman–Crippen LogP) is 6.68. The third kappa shape index (κ3) is 6.25. The first-order valence-electron chi connectivity index (χ1n) is 9.04. The Kier molecular flexibility index (Phi) is 8.58. The summed E-state index contributed by atoms with van der Waals surface area (Å²) < 4.78 is 12.8. The summed E-state index contributed by atoms with van der Waals surface area (Å²) >= 11 is 15.8. The molecule has 3 aromatic rings. The molecule has 0 heterocycles. The fourth-order valence-corrected chi connectivity index (χ4v) is 4.32. The van der Waals surface area contributed by atoms with Gasteiger partial charge >= 0.3 is 0 Å². The van der Waals surface area contributed by atoms with Crippen molar-refractivity contribution in [1.29, 1.82) is 0 Å². The van der Waals surface area contributed by atoms with E-state index in [0.29, 0.717) is 47.7 Å². The molecule has 0 unspecified atom stereocenters. The lowest BCUT2D eigenvalue weighted by Gasteiger charge is -2.13. The number of carbonyl (C=O) groups is 1. The van der Waals surface area contributed by atoms with Gasteiger partial charge in [-0.3, -0.25) is 4.79 Å². The van der Waals surface area contributed by atoms with Crippen LogP contribution in [0.2, 0.25) is 5.02 Å². The van der Waals surface area contributed by atoms with E-state index in [9.17, 15) is 9.90 Å². The van der Waals surface area contributed by atoms with E-state index < -0.39 is 5.91 Å². The predicted molar refractivity (Wildman–Crippen MR) is 135 cm³/mol. The minimum absolute atomic E-state index is 0.0134. The molecule has 32 heavy (non-hydrogen) atoms. The Bertz CT molecular complexity index is 1150. The highest BCUT2D eigenvalue weighted by molar-refractivity contribution is 9.11. The van der Waals surface area contributed by atoms with Crippen molar-refractivity contribution in [2.75, 3.05) is 7.11 Å². The fourth-order valence-electron chi connectivity index (χ4n) is 2.59. The summed E-state index contributed by atoms with van der Waals surface area (Å²) in [6.45, 7) is 0.348. The van der Waals surface area contributed by atoms with Crippen molar-refractivity contribution in [3.05, 3.63) is 83.7 Å². The maximum absolute atomic E-state index is 12.3. The lowest BCUT2D eigenvalue weighted by Crippen LogP contribution is -2.17. The minimum Gasteiger partial charge on any atom is -0.506 e. The summed E-state index contributed by atoms with van der Waals surface area (Å²) in [5.74, 6) is 0.642. The van der Waals surface area contributed by atoms with Gasteiger partial charge in [0, 0.05) is 20.6 Å². The first-order chi connectivity index (χ1) is 15.3. The molecule has 0 aliphatic heterocycles. The van der Waals surface area contributed by atoms with Gasteiger partial charge < -0.3 is 14.6 Å². The normalized spacial score (nSPS) is 10.9. The number of benzene rings is 3. The van der Waals surface area contributed by atoms with E-state index in [4.69, 9.17) is 21.1 Å². The van der Waals surface area contributed by atoms with Crippen molar-refractivity contribution < 1.29 is 19.4 Å². The van der Waals surface area contributed by atoms with Crippen LogP contribution in [0, 0.1) is 0 Å². The molecule has 2 N–H and O–H groups in total. The van der Waals surface area contributed by atoms with Crippen molar-refractivity contribution in [1.82, 2.24) is 5.43 Å². The highest BCUT2D eigenvalue weighted by atomic mass is 79.9. The standard InChI is InChI=1S/C22H16Br3ClN2O4/c1-31-19-8-14(10-27-28-22(30)13-6-17(24)21(29)18(25)7-13)16(23)9-20(19)32-11-12-2-4-15(26)5-3-12/h2-10,29H,11H2,1H3,(H,28,30). The topological polar surface area (TPSA) is 80.2 Å². The van der Waals surface area contributed by atoms with Gasteiger partial charge in [-0.15, -0.1) is 0 Å². The Morgan fingerprint density at radius 1 is 1.06 bits per heavy atom. The van der Waals surface area contributed by atoms with E-state index >= 15 is 0 Å². The largest absolute Gasteiger partial charge is 0.506 e. The summed E-state index contributed by atoms with van der Waals surface area (Å²) in [6, 6.07) is 13.9. The zero-order valence-corrected chi connectivity index (χ0v) is 22.0. The SMILES string of the molecule is COc1cc(C=NNC(=O)c2cc(Br)c(O)c(Br)c2)c(Br)cc1OCc1ccc(Cl)cc1. The molecular weight excluding hydrogens is 631 g/mol. The number of hydrogen-bond acceptors (Lipinski definition) is 5. The van der Waals surface area contributed by atoms with Gasteiger partial charge in [-0.1, -0.05) is 23.7 Å². The Balaban J connectivity index is 1.70. The van der Waals surface area contributed by atoms with Crippen LogP contribution in [0.25, 0.3) is 0 Å². The van der Waals surface area contributed by atoms with E-state index in [1.165, 1.54) is 18.3 Å². The summed E-state index contributed by atoms with van der Waals surface area (Å²) in [4.78, 5) is 12.3. The number of aromatic hydroxyl groups is 1. The number of halogens is 4. The number of hydrogen-bond donors (Lipinski definition) is 2. The maximum Gasteiger partial charge on any atom is 0.271 e. The number of ether oxygens (including phenoxy) is 2. The number of hydrazone groups is 1. The number of nitrogens with zero attached hydrogens (tertiary/aromatic N) is 1. The van der Waals surface area contributed by atoms with Crippen molar-refractivity contribution in [2.45, 2.75) is 6.61 Å². The quantitative estimate of drug-likeness (QED) is 0.222. The molecule has 0 atom stereocenters. The van der Waals surface area contributed by atoms with Gasteiger partial charge in [0.25, 0.3) is 5.91 Å². The van der Waals surface area contributed by atoms with Crippen LogP contribution < -0.4 is 14.9 Å². The molecule has 0 spiro atoms. The van der Waals surface area contributed by atoms with E-state index in [2.05, 4.69) is 58.3 Å². The second kappa shape index (κ2) is 11.2. The van der Waals surface area contributed by atoms with E-state index in [1.807, 2.05) is 12.1 Å². The number of phenolic OH excluding ortho intramolecular Hbond substituents is 1. The monoisotopic (exact) mass is 644 g/mol. The fraction of sp³-hybridized carbons (Fsp3) is 0.0909. The summed E-state index contributed by atoms with van der Waals surface area (Å²) in [7, 11) is 1.54. The van der Waals surface area contributed by atoms with Gasteiger partial charge in [0.2, 0.25) is 0 Å². The molecule has 1 amide bonds. The van der Waals surface area contributed by atoms with Gasteiger partial charge in [-0.25, -0.2) is 5.43 Å². The van der Waals surface area contributed by atoms with Crippen molar-refractivity contribution in [3.63, 3.8) is 0 Å². The molecule has 3 rings (SSSR count).